The summed E-state index contributed by atoms with van der Waals surface area (Å²) in [5.41, 5.74) is 3.14. The van der Waals surface area contributed by atoms with Gasteiger partial charge in [-0.05, 0) is 49.3 Å². The van der Waals surface area contributed by atoms with Crippen LogP contribution in [0.4, 0.5) is 5.69 Å². The molecule has 1 amide bonds. The molecule has 1 N–H and O–H groups in total. The monoisotopic (exact) mass is 457 g/mol. The van der Waals surface area contributed by atoms with Gasteiger partial charge in [0.15, 0.2) is 5.16 Å². The van der Waals surface area contributed by atoms with Crippen LogP contribution >= 0.6 is 23.1 Å². The van der Waals surface area contributed by atoms with Gasteiger partial charge in [-0.15, -0.1) is 11.3 Å². The molecule has 0 bridgehead atoms. The molecule has 3 aromatic rings. The van der Waals surface area contributed by atoms with Crippen LogP contribution in [0.5, 0.6) is 0 Å². The molecular formula is C23H27N3O3S2. The highest BCUT2D eigenvalue weighted by atomic mass is 32.2. The van der Waals surface area contributed by atoms with Crippen LogP contribution in [0.3, 0.4) is 0 Å². The standard InChI is InChI=1S/C23H27N3O3S2/c1-3-15-8-4-5-10-17(15)24-19(27)14-30-23-25-21-20(16-9-6-11-18(16)31-21)22(28)26(23)12-7-13-29-2/h4-5,8,10H,3,6-7,9,11-14H2,1-2H3,(H,24,27). The van der Waals surface area contributed by atoms with Gasteiger partial charge in [-0.3, -0.25) is 14.2 Å². The van der Waals surface area contributed by atoms with Crippen LogP contribution in [-0.2, 0) is 35.3 Å². The Hall–Kier alpha value is -2.16. The Morgan fingerprint density at radius 3 is 2.97 bits per heavy atom. The van der Waals surface area contributed by atoms with Gasteiger partial charge in [0.25, 0.3) is 5.56 Å². The van der Waals surface area contributed by atoms with Crippen LogP contribution < -0.4 is 10.9 Å². The number of hydrogen-bond donors (Lipinski definition) is 1. The lowest BCUT2D eigenvalue weighted by Gasteiger charge is -2.13. The Morgan fingerprint density at radius 1 is 1.32 bits per heavy atom. The number of fused-ring (bicyclic) bond motifs is 3. The molecule has 2 heterocycles. The van der Waals surface area contributed by atoms with E-state index in [1.807, 2.05) is 24.3 Å². The van der Waals surface area contributed by atoms with Crippen LogP contribution in [0, 0.1) is 0 Å². The summed E-state index contributed by atoms with van der Waals surface area (Å²) in [6, 6.07) is 7.82. The van der Waals surface area contributed by atoms with Crippen LogP contribution in [0.25, 0.3) is 10.2 Å². The number of nitrogens with zero attached hydrogens (tertiary/aromatic N) is 2. The molecule has 6 nitrogen and oxygen atoms in total. The lowest BCUT2D eigenvalue weighted by molar-refractivity contribution is -0.113. The first-order valence-corrected chi connectivity index (χ1v) is 12.5. The first-order valence-electron chi connectivity index (χ1n) is 10.7. The molecule has 0 radical (unpaired) electrons. The second kappa shape index (κ2) is 9.97. The van der Waals surface area contributed by atoms with Crippen molar-refractivity contribution >= 4 is 44.9 Å². The summed E-state index contributed by atoms with van der Waals surface area (Å²) in [5.74, 6) is 0.100. The number of ether oxygens (including phenoxy) is 1. The Balaban J connectivity index is 1.57. The van der Waals surface area contributed by atoms with E-state index in [0.717, 1.165) is 53.6 Å². The molecule has 8 heteroatoms. The normalized spacial score (nSPS) is 13.0. The van der Waals surface area contributed by atoms with Crippen molar-refractivity contribution in [2.24, 2.45) is 0 Å². The number of aromatic nitrogens is 2. The summed E-state index contributed by atoms with van der Waals surface area (Å²) in [4.78, 5) is 32.9. The van der Waals surface area contributed by atoms with Gasteiger partial charge < -0.3 is 10.1 Å². The molecule has 0 unspecified atom stereocenters. The van der Waals surface area contributed by atoms with Crippen molar-refractivity contribution in [2.75, 3.05) is 24.8 Å². The van der Waals surface area contributed by atoms with Crippen molar-refractivity contribution in [3.05, 3.63) is 50.6 Å². The highest BCUT2D eigenvalue weighted by Gasteiger charge is 2.23. The summed E-state index contributed by atoms with van der Waals surface area (Å²) < 4.78 is 6.90. The van der Waals surface area contributed by atoms with E-state index >= 15 is 0 Å². The molecule has 4 rings (SSSR count). The first-order chi connectivity index (χ1) is 15.1. The van der Waals surface area contributed by atoms with Crippen LogP contribution in [-0.4, -0.2) is 34.9 Å². The number of carbonyl (C=O) groups is 1. The zero-order chi connectivity index (χ0) is 21.8. The Morgan fingerprint density at radius 2 is 2.16 bits per heavy atom. The van der Waals surface area contributed by atoms with Gasteiger partial charge >= 0.3 is 0 Å². The second-order valence-electron chi connectivity index (χ2n) is 7.58. The minimum Gasteiger partial charge on any atom is -0.385 e. The maximum atomic E-state index is 13.4. The van der Waals surface area contributed by atoms with Crippen molar-refractivity contribution in [1.29, 1.82) is 0 Å². The summed E-state index contributed by atoms with van der Waals surface area (Å²) in [7, 11) is 1.66. The minimum absolute atomic E-state index is 0.0136. The highest BCUT2D eigenvalue weighted by molar-refractivity contribution is 7.99. The third-order valence-corrected chi connectivity index (χ3v) is 7.69. The molecule has 0 aliphatic heterocycles. The molecule has 0 atom stereocenters. The fourth-order valence-electron chi connectivity index (χ4n) is 4.00. The Bertz CT molecular complexity index is 1150. The van der Waals surface area contributed by atoms with Crippen LogP contribution in [0.1, 0.15) is 35.8 Å². The Labute approximate surface area is 190 Å². The maximum Gasteiger partial charge on any atom is 0.263 e. The second-order valence-corrected chi connectivity index (χ2v) is 9.61. The van der Waals surface area contributed by atoms with Gasteiger partial charge in [0.05, 0.1) is 11.1 Å². The van der Waals surface area contributed by atoms with Gasteiger partial charge in [-0.1, -0.05) is 36.9 Å². The molecule has 1 aliphatic rings. The number of thiophene rings is 1. The summed E-state index contributed by atoms with van der Waals surface area (Å²) in [6.07, 6.45) is 4.66. The van der Waals surface area contributed by atoms with E-state index in [2.05, 4.69) is 12.2 Å². The van der Waals surface area contributed by atoms with Gasteiger partial charge in [0.2, 0.25) is 5.91 Å². The number of methoxy groups -OCH3 is 1. The number of anilines is 1. The summed E-state index contributed by atoms with van der Waals surface area (Å²) >= 11 is 2.95. The number of amides is 1. The number of rotatable bonds is 9. The molecule has 164 valence electrons. The number of carbonyl (C=O) groups excluding carboxylic acids is 1. The van der Waals surface area contributed by atoms with Crippen molar-refractivity contribution in [3.63, 3.8) is 0 Å². The van der Waals surface area contributed by atoms with E-state index in [1.165, 1.54) is 22.2 Å². The third-order valence-electron chi connectivity index (χ3n) is 5.52. The largest absolute Gasteiger partial charge is 0.385 e. The first kappa shape index (κ1) is 22.0. The molecule has 0 saturated carbocycles. The van der Waals surface area contributed by atoms with E-state index in [4.69, 9.17) is 9.72 Å². The molecule has 31 heavy (non-hydrogen) atoms. The number of benzene rings is 1. The molecule has 0 spiro atoms. The van der Waals surface area contributed by atoms with E-state index in [-0.39, 0.29) is 17.2 Å². The fraction of sp³-hybridized carbons (Fsp3) is 0.435. The van der Waals surface area contributed by atoms with Crippen LogP contribution in [0.2, 0.25) is 0 Å². The molecule has 1 aliphatic carbocycles. The van der Waals surface area contributed by atoms with Gasteiger partial charge in [-0.25, -0.2) is 4.98 Å². The quantitative estimate of drug-likeness (QED) is 0.295. The van der Waals surface area contributed by atoms with E-state index in [9.17, 15) is 9.59 Å². The summed E-state index contributed by atoms with van der Waals surface area (Å²) in [6.45, 7) is 3.17. The molecule has 0 saturated heterocycles. The van der Waals surface area contributed by atoms with Crippen LogP contribution in [0.15, 0.2) is 34.2 Å². The van der Waals surface area contributed by atoms with Crippen molar-refractivity contribution in [1.82, 2.24) is 9.55 Å². The zero-order valence-corrected chi connectivity index (χ0v) is 19.5. The van der Waals surface area contributed by atoms with E-state index < -0.39 is 0 Å². The number of aryl methyl sites for hydroxylation is 3. The van der Waals surface area contributed by atoms with E-state index in [0.29, 0.717) is 18.3 Å². The summed E-state index contributed by atoms with van der Waals surface area (Å²) in [5, 5.41) is 4.38. The predicted octanol–water partition coefficient (Wildman–Crippen LogP) is 4.28. The maximum absolute atomic E-state index is 13.4. The number of thioether (sulfide) groups is 1. The average molecular weight is 458 g/mol. The van der Waals surface area contributed by atoms with Gasteiger partial charge in [0, 0.05) is 30.8 Å². The lowest BCUT2D eigenvalue weighted by Crippen LogP contribution is -2.25. The fourth-order valence-corrected chi connectivity index (χ4v) is 6.13. The van der Waals surface area contributed by atoms with E-state index in [1.54, 1.807) is 23.0 Å². The highest BCUT2D eigenvalue weighted by Crippen LogP contribution is 2.35. The molecule has 2 aromatic heterocycles. The smallest absolute Gasteiger partial charge is 0.263 e. The number of hydrogen-bond acceptors (Lipinski definition) is 6. The topological polar surface area (TPSA) is 73.2 Å². The molecular weight excluding hydrogens is 430 g/mol. The average Bonchev–Trinajstić information content (AvgIpc) is 3.35. The third kappa shape index (κ3) is 4.71. The number of nitrogens with one attached hydrogen (secondary N) is 1. The Kier molecular flexibility index (Phi) is 7.09. The lowest BCUT2D eigenvalue weighted by atomic mass is 10.1. The van der Waals surface area contributed by atoms with Crippen molar-refractivity contribution < 1.29 is 9.53 Å². The minimum atomic E-state index is -0.0997. The number of para-hydroxylation sites is 1. The van der Waals surface area contributed by atoms with Gasteiger partial charge in [-0.2, -0.15) is 0 Å². The SMILES string of the molecule is CCc1ccccc1NC(=O)CSc1nc2sc3c(c2c(=O)n1CCCOC)CCC3. The van der Waals surface area contributed by atoms with Crippen molar-refractivity contribution in [3.8, 4) is 0 Å². The molecule has 1 aromatic carbocycles. The van der Waals surface area contributed by atoms with Gasteiger partial charge in [0.1, 0.15) is 4.83 Å². The molecule has 0 fully saturated rings. The van der Waals surface area contributed by atoms with Crippen molar-refractivity contribution in [2.45, 2.75) is 50.7 Å². The zero-order valence-electron chi connectivity index (χ0n) is 17.9. The predicted molar refractivity (Wildman–Crippen MR) is 128 cm³/mol.